The zero-order chi connectivity index (χ0) is 18.9. The van der Waals surface area contributed by atoms with E-state index < -0.39 is 0 Å². The average Bonchev–Trinajstić information content (AvgIpc) is 2.70. The summed E-state index contributed by atoms with van der Waals surface area (Å²) in [6, 6.07) is 0. The fourth-order valence-electron chi connectivity index (χ4n) is 5.72. The summed E-state index contributed by atoms with van der Waals surface area (Å²) >= 11 is 0. The van der Waals surface area contributed by atoms with Gasteiger partial charge in [0.15, 0.2) is 0 Å². The summed E-state index contributed by atoms with van der Waals surface area (Å²) in [5.41, 5.74) is 0. The van der Waals surface area contributed by atoms with E-state index in [0.29, 0.717) is 17.9 Å². The topological polar surface area (TPSA) is 9.23 Å². The van der Waals surface area contributed by atoms with Crippen molar-refractivity contribution in [1.82, 2.24) is 0 Å². The third-order valence-corrected chi connectivity index (χ3v) is 7.67. The van der Waals surface area contributed by atoms with Gasteiger partial charge in [-0.3, -0.25) is 0 Å². The molecule has 0 aromatic carbocycles. The minimum Gasteiger partial charge on any atom is -0.378 e. The maximum Gasteiger partial charge on any atom is 0.0578 e. The Balaban J connectivity index is 1.33. The molecule has 3 saturated carbocycles. The van der Waals surface area contributed by atoms with E-state index in [1.165, 1.54) is 96.3 Å². The summed E-state index contributed by atoms with van der Waals surface area (Å²) in [4.78, 5) is 0. The van der Waals surface area contributed by atoms with Crippen LogP contribution in [0.1, 0.15) is 110 Å². The predicted octanol–water partition coefficient (Wildman–Crippen LogP) is 7.39. The van der Waals surface area contributed by atoms with Crippen LogP contribution < -0.4 is 0 Å². The molecule has 0 aromatic heterocycles. The van der Waals surface area contributed by atoms with Gasteiger partial charge >= 0.3 is 0 Å². The molecular weight excluding hydrogens is 328 g/mol. The van der Waals surface area contributed by atoms with Crippen LogP contribution in [0, 0.1) is 41.4 Å². The van der Waals surface area contributed by atoms with Gasteiger partial charge in [-0.1, -0.05) is 51.4 Å². The molecule has 3 aliphatic carbocycles. The number of rotatable bonds is 7. The third kappa shape index (κ3) is 7.12. The third-order valence-electron chi connectivity index (χ3n) is 7.67. The molecule has 0 bridgehead atoms. The molecule has 3 aliphatic rings. The lowest BCUT2D eigenvalue weighted by molar-refractivity contribution is -0.0174. The van der Waals surface area contributed by atoms with Crippen LogP contribution >= 0.6 is 0 Å². The molecule has 0 heterocycles. The van der Waals surface area contributed by atoms with E-state index in [1.807, 2.05) is 0 Å². The molecule has 0 spiro atoms. The fraction of sp³-hybridized carbons (Fsp3) is 0.923. The second kappa shape index (κ2) is 11.5. The van der Waals surface area contributed by atoms with Crippen molar-refractivity contribution in [2.45, 2.75) is 116 Å². The Morgan fingerprint density at radius 1 is 0.704 bits per heavy atom. The first kappa shape index (κ1) is 21.2. The number of unbranched alkanes of at least 4 members (excludes halogenated alkanes) is 4. The lowest BCUT2D eigenvalue weighted by Gasteiger charge is -2.41. The first-order chi connectivity index (χ1) is 13.2. The molecule has 1 nitrogen and oxygen atoms in total. The summed E-state index contributed by atoms with van der Waals surface area (Å²) in [7, 11) is 0. The van der Waals surface area contributed by atoms with Gasteiger partial charge in [0.05, 0.1) is 6.10 Å². The molecule has 27 heavy (non-hydrogen) atoms. The van der Waals surface area contributed by atoms with Crippen molar-refractivity contribution < 1.29 is 4.74 Å². The molecular formula is C26H44O. The maximum absolute atomic E-state index is 6.25. The van der Waals surface area contributed by atoms with Gasteiger partial charge < -0.3 is 4.74 Å². The van der Waals surface area contributed by atoms with Gasteiger partial charge in [0.2, 0.25) is 0 Å². The van der Waals surface area contributed by atoms with E-state index in [2.05, 4.69) is 25.7 Å². The predicted molar refractivity (Wildman–Crippen MR) is 116 cm³/mol. The molecule has 0 amide bonds. The number of hydrogen-bond acceptors (Lipinski definition) is 1. The molecule has 3 rings (SSSR count). The number of ether oxygens (including phenoxy) is 1. The highest BCUT2D eigenvalue weighted by atomic mass is 16.5. The van der Waals surface area contributed by atoms with Crippen LogP contribution in [0.5, 0.6) is 0 Å². The van der Waals surface area contributed by atoms with Gasteiger partial charge in [-0.2, -0.15) is 0 Å². The molecule has 0 saturated heterocycles. The highest BCUT2D eigenvalue weighted by Gasteiger charge is 2.35. The van der Waals surface area contributed by atoms with Gasteiger partial charge in [0.1, 0.15) is 0 Å². The Hall–Kier alpha value is -0.480. The zero-order valence-corrected chi connectivity index (χ0v) is 18.2. The SMILES string of the molecule is CCCCCCCOC1CCC2CC(C#CC3CCC(C)CC3)CCC2C1. The van der Waals surface area contributed by atoms with Crippen molar-refractivity contribution in [1.29, 1.82) is 0 Å². The molecule has 4 unspecified atom stereocenters. The number of fused-ring (bicyclic) bond motifs is 1. The first-order valence-electron chi connectivity index (χ1n) is 12.4. The van der Waals surface area contributed by atoms with Crippen molar-refractivity contribution in [2.24, 2.45) is 29.6 Å². The second-order valence-corrected chi connectivity index (χ2v) is 10.00. The molecule has 0 aromatic rings. The van der Waals surface area contributed by atoms with Crippen molar-refractivity contribution in [2.75, 3.05) is 6.61 Å². The Labute approximate surface area is 169 Å². The smallest absolute Gasteiger partial charge is 0.0578 e. The van der Waals surface area contributed by atoms with E-state index in [-0.39, 0.29) is 0 Å². The van der Waals surface area contributed by atoms with Crippen molar-refractivity contribution in [3.8, 4) is 11.8 Å². The van der Waals surface area contributed by atoms with Gasteiger partial charge in [-0.05, 0) is 88.4 Å². The van der Waals surface area contributed by atoms with E-state index in [9.17, 15) is 0 Å². The van der Waals surface area contributed by atoms with Crippen LogP contribution in [0.2, 0.25) is 0 Å². The van der Waals surface area contributed by atoms with Crippen LogP contribution in [0.4, 0.5) is 0 Å². The first-order valence-corrected chi connectivity index (χ1v) is 12.4. The minimum atomic E-state index is 0.560. The minimum absolute atomic E-state index is 0.560. The van der Waals surface area contributed by atoms with E-state index in [4.69, 9.17) is 4.74 Å². The average molecular weight is 373 g/mol. The van der Waals surface area contributed by atoms with Gasteiger partial charge in [0.25, 0.3) is 0 Å². The monoisotopic (exact) mass is 372 g/mol. The Kier molecular flexibility index (Phi) is 9.05. The Morgan fingerprint density at radius 2 is 1.37 bits per heavy atom. The summed E-state index contributed by atoms with van der Waals surface area (Å²) < 4.78 is 6.25. The Bertz CT molecular complexity index is 464. The summed E-state index contributed by atoms with van der Waals surface area (Å²) in [6.45, 7) is 5.68. The lowest BCUT2D eigenvalue weighted by Crippen LogP contribution is -2.34. The van der Waals surface area contributed by atoms with E-state index in [1.54, 1.807) is 0 Å². The Morgan fingerprint density at radius 3 is 2.19 bits per heavy atom. The van der Waals surface area contributed by atoms with Crippen LogP contribution in [0.25, 0.3) is 0 Å². The fourth-order valence-corrected chi connectivity index (χ4v) is 5.72. The van der Waals surface area contributed by atoms with Gasteiger partial charge in [-0.25, -0.2) is 0 Å². The molecule has 4 atom stereocenters. The lowest BCUT2D eigenvalue weighted by atomic mass is 9.67. The maximum atomic E-state index is 6.25. The molecule has 154 valence electrons. The van der Waals surface area contributed by atoms with E-state index >= 15 is 0 Å². The highest BCUT2D eigenvalue weighted by Crippen LogP contribution is 2.43. The zero-order valence-electron chi connectivity index (χ0n) is 18.2. The van der Waals surface area contributed by atoms with Crippen molar-refractivity contribution >= 4 is 0 Å². The molecule has 0 N–H and O–H groups in total. The van der Waals surface area contributed by atoms with Crippen molar-refractivity contribution in [3.05, 3.63) is 0 Å². The van der Waals surface area contributed by atoms with Crippen LogP contribution in [0.3, 0.4) is 0 Å². The summed E-state index contributed by atoms with van der Waals surface area (Å²) in [5, 5.41) is 0. The van der Waals surface area contributed by atoms with Gasteiger partial charge in [0, 0.05) is 18.4 Å². The quantitative estimate of drug-likeness (QED) is 0.334. The van der Waals surface area contributed by atoms with Gasteiger partial charge in [-0.15, -0.1) is 0 Å². The highest BCUT2D eigenvalue weighted by molar-refractivity contribution is 5.10. The largest absolute Gasteiger partial charge is 0.378 e. The summed E-state index contributed by atoms with van der Waals surface area (Å²) in [6.07, 6.45) is 20.9. The van der Waals surface area contributed by atoms with Crippen LogP contribution in [-0.2, 0) is 4.74 Å². The van der Waals surface area contributed by atoms with Crippen molar-refractivity contribution in [3.63, 3.8) is 0 Å². The normalized spacial score (nSPS) is 36.5. The standard InChI is InChI=1S/C26H44O/c1-3-4-5-6-7-18-27-26-17-16-24-19-23(14-15-25(24)20-26)13-12-22-10-8-21(2)9-11-22/h21-26H,3-11,14-20H2,1-2H3. The van der Waals surface area contributed by atoms with Crippen LogP contribution in [-0.4, -0.2) is 12.7 Å². The molecule has 1 heteroatoms. The summed E-state index contributed by atoms with van der Waals surface area (Å²) in [5.74, 6) is 11.6. The molecule has 0 aliphatic heterocycles. The van der Waals surface area contributed by atoms with E-state index in [0.717, 1.165) is 24.4 Å². The molecule has 3 fully saturated rings. The number of hydrogen-bond donors (Lipinski definition) is 0. The molecule has 0 radical (unpaired) electrons. The second-order valence-electron chi connectivity index (χ2n) is 10.00. The van der Waals surface area contributed by atoms with Crippen LogP contribution in [0.15, 0.2) is 0 Å².